The molecule has 0 aromatic heterocycles. The third-order valence-electron chi connectivity index (χ3n) is 7.59. The maximum absolute atomic E-state index is 14.0. The van der Waals surface area contributed by atoms with Crippen molar-refractivity contribution in [2.24, 2.45) is 0 Å². The molecule has 0 N–H and O–H groups in total. The number of methoxy groups -OCH3 is 2. The fraction of sp³-hybridized carbons (Fsp3) is 0.692. The first kappa shape index (κ1) is 28.7. The first-order valence-electron chi connectivity index (χ1n) is 12.7. The summed E-state index contributed by atoms with van der Waals surface area (Å²) in [6, 6.07) is 3.86. The van der Waals surface area contributed by atoms with Crippen LogP contribution in [0.5, 0.6) is 11.5 Å². The van der Waals surface area contributed by atoms with Crippen molar-refractivity contribution in [2.45, 2.75) is 83.2 Å². The molecule has 2 amide bonds. The third-order valence-corrected chi connectivity index (χ3v) is 13.8. The topological polar surface area (TPSA) is 77.5 Å². The van der Waals surface area contributed by atoms with Gasteiger partial charge in [0, 0.05) is 27.6 Å². The lowest BCUT2D eigenvalue weighted by molar-refractivity contribution is -0.123. The maximum atomic E-state index is 14.0. The van der Waals surface area contributed by atoms with Crippen LogP contribution < -0.4 is 14.4 Å². The van der Waals surface area contributed by atoms with Crippen molar-refractivity contribution >= 4 is 33.9 Å². The number of fused-ring (bicyclic) bond motifs is 2. The lowest BCUT2D eigenvalue weighted by atomic mass is 10.1. The molecule has 0 bridgehead atoms. The minimum atomic E-state index is -2.08. The molecule has 36 heavy (non-hydrogen) atoms. The molecule has 1 unspecified atom stereocenters. The zero-order valence-electron chi connectivity index (χ0n) is 23.7. The fourth-order valence-corrected chi connectivity index (χ4v) is 6.51. The number of rotatable bonds is 9. The molecule has 0 radical (unpaired) electrons. The van der Waals surface area contributed by atoms with Gasteiger partial charge in [-0.25, -0.2) is 0 Å². The van der Waals surface area contributed by atoms with Crippen LogP contribution in [-0.4, -0.2) is 79.4 Å². The smallest absolute Gasteiger partial charge is 0.260 e. The molecule has 1 aromatic carbocycles. The van der Waals surface area contributed by atoms with E-state index >= 15 is 0 Å². The second-order valence-corrected chi connectivity index (χ2v) is 22.9. The predicted molar refractivity (Wildman–Crippen MR) is 148 cm³/mol. The Morgan fingerprint density at radius 3 is 2.25 bits per heavy atom. The molecule has 3 rings (SSSR count). The number of hydrogen-bond acceptors (Lipinski definition) is 6. The molecule has 1 aromatic rings. The van der Waals surface area contributed by atoms with E-state index in [1.54, 1.807) is 21.9 Å². The summed E-state index contributed by atoms with van der Waals surface area (Å²) < 4.78 is 23.8. The van der Waals surface area contributed by atoms with Gasteiger partial charge in [-0.1, -0.05) is 40.4 Å². The Balaban J connectivity index is 1.98. The highest BCUT2D eigenvalue weighted by Crippen LogP contribution is 2.44. The van der Waals surface area contributed by atoms with Gasteiger partial charge in [0.15, 0.2) is 19.8 Å². The molecule has 2 aliphatic heterocycles. The minimum Gasteiger partial charge on any atom is -0.493 e. The summed E-state index contributed by atoms with van der Waals surface area (Å²) in [7, 11) is -0.325. The Hall–Kier alpha value is -1.89. The summed E-state index contributed by atoms with van der Waals surface area (Å²) in [6.07, 6.45) is 0.271. The number of anilines is 1. The summed E-state index contributed by atoms with van der Waals surface area (Å²) in [6.45, 7) is 18.8. The van der Waals surface area contributed by atoms with Crippen molar-refractivity contribution in [3.05, 3.63) is 17.7 Å². The van der Waals surface area contributed by atoms with Gasteiger partial charge in [0.1, 0.15) is 18.3 Å². The van der Waals surface area contributed by atoms with Crippen molar-refractivity contribution < 1.29 is 28.2 Å². The van der Waals surface area contributed by atoms with Gasteiger partial charge in [0.05, 0.1) is 26.0 Å². The Bertz CT molecular complexity index is 986. The summed E-state index contributed by atoms with van der Waals surface area (Å²) in [5.74, 6) is 0.381. The van der Waals surface area contributed by atoms with E-state index in [1.165, 1.54) is 14.2 Å². The van der Waals surface area contributed by atoms with E-state index < -0.39 is 22.4 Å². The average Bonchev–Trinajstić information content (AvgIpc) is 3.16. The van der Waals surface area contributed by atoms with Crippen LogP contribution in [0.25, 0.3) is 0 Å². The summed E-state index contributed by atoms with van der Waals surface area (Å²) in [5.41, 5.74) is 0.821. The van der Waals surface area contributed by atoms with Gasteiger partial charge in [-0.2, -0.15) is 0 Å². The quantitative estimate of drug-likeness (QED) is 0.328. The number of nitrogens with zero attached hydrogens (tertiary/aromatic N) is 2. The van der Waals surface area contributed by atoms with Crippen LogP contribution in [0.15, 0.2) is 12.1 Å². The van der Waals surface area contributed by atoms with Crippen molar-refractivity contribution in [3.63, 3.8) is 0 Å². The molecule has 0 spiro atoms. The van der Waals surface area contributed by atoms with Gasteiger partial charge in [-0.15, -0.1) is 0 Å². The predicted octanol–water partition coefficient (Wildman–Crippen LogP) is 4.97. The van der Waals surface area contributed by atoms with Crippen LogP contribution in [-0.2, 0) is 14.0 Å². The molecule has 1 saturated heterocycles. The van der Waals surface area contributed by atoms with Crippen LogP contribution in [0.3, 0.4) is 0 Å². The molecule has 2 atom stereocenters. The van der Waals surface area contributed by atoms with Crippen LogP contribution >= 0.6 is 0 Å². The number of amides is 2. The van der Waals surface area contributed by atoms with E-state index in [9.17, 15) is 9.59 Å². The SMILES string of the molecule is COc1ccc2c(c1OC)C(=O)N1CC(O[Si](C)(C)C(C)(C)C)C[C@H]1C(=O)N2COCC[Si](C)(C)C. The van der Waals surface area contributed by atoms with Crippen molar-refractivity contribution in [1.82, 2.24) is 4.90 Å². The van der Waals surface area contributed by atoms with Crippen LogP contribution in [0.2, 0.25) is 43.8 Å². The first-order chi connectivity index (χ1) is 16.6. The van der Waals surface area contributed by atoms with Gasteiger partial charge < -0.3 is 23.5 Å². The molecule has 2 heterocycles. The van der Waals surface area contributed by atoms with E-state index in [4.69, 9.17) is 18.6 Å². The third kappa shape index (κ3) is 5.82. The Morgan fingerprint density at radius 1 is 1.03 bits per heavy atom. The minimum absolute atomic E-state index is 0.0282. The van der Waals surface area contributed by atoms with Crippen molar-refractivity contribution in [3.8, 4) is 11.5 Å². The number of ether oxygens (including phenoxy) is 3. The number of carbonyl (C=O) groups excluding carboxylic acids is 2. The second kappa shape index (κ2) is 10.5. The number of carbonyl (C=O) groups is 2. The van der Waals surface area contributed by atoms with E-state index in [2.05, 4.69) is 53.5 Å². The Kier molecular flexibility index (Phi) is 8.34. The second-order valence-electron chi connectivity index (χ2n) is 12.5. The van der Waals surface area contributed by atoms with E-state index in [1.807, 2.05) is 0 Å². The normalized spacial score (nSPS) is 20.8. The zero-order chi connectivity index (χ0) is 27.1. The molecule has 8 nitrogen and oxygen atoms in total. The molecule has 2 aliphatic rings. The van der Waals surface area contributed by atoms with Crippen LogP contribution in [0.1, 0.15) is 37.6 Å². The lowest BCUT2D eigenvalue weighted by Crippen LogP contribution is -2.45. The molecular formula is C26H44N2O6Si2. The van der Waals surface area contributed by atoms with Crippen LogP contribution in [0, 0.1) is 0 Å². The van der Waals surface area contributed by atoms with E-state index in [0.717, 1.165) is 6.04 Å². The van der Waals surface area contributed by atoms with E-state index in [0.29, 0.717) is 42.3 Å². The van der Waals surface area contributed by atoms with Gasteiger partial charge in [-0.05, 0) is 36.3 Å². The van der Waals surface area contributed by atoms with Crippen molar-refractivity contribution in [1.29, 1.82) is 0 Å². The largest absolute Gasteiger partial charge is 0.493 e. The Morgan fingerprint density at radius 2 is 1.69 bits per heavy atom. The maximum Gasteiger partial charge on any atom is 0.260 e. The lowest BCUT2D eigenvalue weighted by Gasteiger charge is -2.38. The van der Waals surface area contributed by atoms with Crippen molar-refractivity contribution in [2.75, 3.05) is 39.0 Å². The van der Waals surface area contributed by atoms with Gasteiger partial charge >= 0.3 is 0 Å². The van der Waals surface area contributed by atoms with Gasteiger partial charge in [0.2, 0.25) is 0 Å². The molecule has 1 fully saturated rings. The average molecular weight is 537 g/mol. The highest BCUT2D eigenvalue weighted by Gasteiger charge is 2.49. The highest BCUT2D eigenvalue weighted by atomic mass is 28.4. The Labute approximate surface area is 218 Å². The molecular weight excluding hydrogens is 492 g/mol. The molecule has 10 heteroatoms. The van der Waals surface area contributed by atoms with E-state index in [-0.39, 0.29) is 29.7 Å². The highest BCUT2D eigenvalue weighted by molar-refractivity contribution is 6.76. The first-order valence-corrected chi connectivity index (χ1v) is 19.4. The van der Waals surface area contributed by atoms with Crippen LogP contribution in [0.4, 0.5) is 5.69 Å². The summed E-state index contributed by atoms with van der Waals surface area (Å²) >= 11 is 0. The van der Waals surface area contributed by atoms with Gasteiger partial charge in [0.25, 0.3) is 11.8 Å². The summed E-state index contributed by atoms with van der Waals surface area (Å²) in [4.78, 5) is 31.1. The standard InChI is InChI=1S/C26H44N2O6Si2/c1-26(2,3)36(9,10)34-18-15-20-24(29)28(17-33-13-14-35(6,7)8)19-11-12-21(31-4)23(32-5)22(19)25(30)27(20)16-18/h11-12,18,20H,13-17H2,1-10H3/t18?,20-/m0/s1. The van der Waals surface area contributed by atoms with Gasteiger partial charge in [-0.3, -0.25) is 14.5 Å². The number of hydrogen-bond donors (Lipinski definition) is 0. The molecule has 0 aliphatic carbocycles. The zero-order valence-corrected chi connectivity index (χ0v) is 25.7. The fourth-order valence-electron chi connectivity index (χ4n) is 4.39. The summed E-state index contributed by atoms with van der Waals surface area (Å²) in [5, 5.41) is 0.0282. The molecule has 202 valence electrons. The molecule has 0 saturated carbocycles. The number of benzene rings is 1. The monoisotopic (exact) mass is 536 g/mol.